The maximum Gasteiger partial charge on any atom is 0.225 e. The fraction of sp³-hybridized carbons (Fsp3) is 0.500. The minimum Gasteiger partial charge on any atom is -0.349 e. The Labute approximate surface area is 113 Å². The summed E-state index contributed by atoms with van der Waals surface area (Å²) in [5.74, 6) is -0.219. The van der Waals surface area contributed by atoms with Gasteiger partial charge in [0, 0.05) is 31.9 Å². The van der Waals surface area contributed by atoms with Crippen LogP contribution < -0.4 is 5.32 Å². The van der Waals surface area contributed by atoms with Gasteiger partial charge in [0.15, 0.2) is 0 Å². The molecule has 0 saturated carbocycles. The van der Waals surface area contributed by atoms with Gasteiger partial charge in [0.25, 0.3) is 0 Å². The molecule has 1 aromatic heterocycles. The number of amides is 2. The number of carbonyl (C=O) groups is 2. The molecule has 1 saturated heterocycles. The summed E-state index contributed by atoms with van der Waals surface area (Å²) in [5.41, 5.74) is 0.965. The van der Waals surface area contributed by atoms with E-state index in [1.165, 1.54) is 0 Å². The van der Waals surface area contributed by atoms with Gasteiger partial charge in [-0.1, -0.05) is 6.07 Å². The maximum atomic E-state index is 12.1. The van der Waals surface area contributed by atoms with Crippen LogP contribution in [-0.2, 0) is 9.59 Å². The van der Waals surface area contributed by atoms with E-state index in [0.29, 0.717) is 19.5 Å². The van der Waals surface area contributed by atoms with Gasteiger partial charge in [0.05, 0.1) is 12.0 Å². The number of pyridine rings is 1. The van der Waals surface area contributed by atoms with Crippen molar-refractivity contribution in [1.29, 1.82) is 0 Å². The number of rotatable bonds is 4. The number of likely N-dealkylation sites (tertiary alicyclic amines) is 1. The molecule has 0 radical (unpaired) electrons. The van der Waals surface area contributed by atoms with Crippen molar-refractivity contribution < 1.29 is 9.59 Å². The third kappa shape index (κ3) is 3.10. The summed E-state index contributed by atoms with van der Waals surface area (Å²) in [6.07, 6.45) is 3.76. The highest BCUT2D eigenvalue weighted by atomic mass is 16.2. The second-order valence-corrected chi connectivity index (χ2v) is 4.85. The largest absolute Gasteiger partial charge is 0.349 e. The van der Waals surface area contributed by atoms with E-state index in [4.69, 9.17) is 0 Å². The zero-order chi connectivity index (χ0) is 13.8. The first-order chi connectivity index (χ1) is 9.11. The second kappa shape index (κ2) is 5.82. The van der Waals surface area contributed by atoms with E-state index in [1.54, 1.807) is 17.3 Å². The van der Waals surface area contributed by atoms with Gasteiger partial charge in [-0.25, -0.2) is 0 Å². The Balaban J connectivity index is 1.93. The zero-order valence-corrected chi connectivity index (χ0v) is 11.3. The molecule has 19 heavy (non-hydrogen) atoms. The fourth-order valence-electron chi connectivity index (χ4n) is 2.30. The normalized spacial score (nSPS) is 20.4. The molecule has 0 bridgehead atoms. The van der Waals surface area contributed by atoms with Crippen LogP contribution >= 0.6 is 0 Å². The van der Waals surface area contributed by atoms with Crippen LogP contribution in [-0.4, -0.2) is 34.8 Å². The molecule has 1 aliphatic heterocycles. The summed E-state index contributed by atoms with van der Waals surface area (Å²) in [5, 5.41) is 2.95. The van der Waals surface area contributed by atoms with Crippen LogP contribution in [0.1, 0.15) is 31.9 Å². The van der Waals surface area contributed by atoms with E-state index in [1.807, 2.05) is 26.0 Å². The van der Waals surface area contributed by atoms with E-state index in [-0.39, 0.29) is 23.8 Å². The van der Waals surface area contributed by atoms with Crippen molar-refractivity contribution in [2.45, 2.75) is 26.3 Å². The monoisotopic (exact) mass is 261 g/mol. The molecule has 2 rings (SSSR count). The van der Waals surface area contributed by atoms with Gasteiger partial charge in [0.2, 0.25) is 11.8 Å². The molecule has 5 nitrogen and oxygen atoms in total. The third-order valence-electron chi connectivity index (χ3n) is 3.51. The van der Waals surface area contributed by atoms with Crippen LogP contribution in [0.5, 0.6) is 0 Å². The van der Waals surface area contributed by atoms with Crippen molar-refractivity contribution in [2.24, 2.45) is 5.92 Å². The molecule has 0 unspecified atom stereocenters. The average Bonchev–Trinajstić information content (AvgIpc) is 2.81. The summed E-state index contributed by atoms with van der Waals surface area (Å²) >= 11 is 0. The molecule has 2 amide bonds. The topological polar surface area (TPSA) is 62.3 Å². The van der Waals surface area contributed by atoms with Crippen molar-refractivity contribution in [3.05, 3.63) is 30.1 Å². The lowest BCUT2D eigenvalue weighted by Gasteiger charge is -2.17. The van der Waals surface area contributed by atoms with Crippen LogP contribution in [0.2, 0.25) is 0 Å². The number of aromatic nitrogens is 1. The molecule has 1 aromatic rings. The molecule has 2 atom stereocenters. The van der Waals surface area contributed by atoms with E-state index in [2.05, 4.69) is 10.3 Å². The van der Waals surface area contributed by atoms with Gasteiger partial charge in [-0.2, -0.15) is 0 Å². The number of nitrogens with one attached hydrogen (secondary N) is 1. The lowest BCUT2D eigenvalue weighted by Crippen LogP contribution is -2.34. The third-order valence-corrected chi connectivity index (χ3v) is 3.51. The van der Waals surface area contributed by atoms with Crippen molar-refractivity contribution in [3.8, 4) is 0 Å². The SMILES string of the molecule is CCN1C[C@@H](C(=O)N[C@H](C)c2cccnc2)CC1=O. The summed E-state index contributed by atoms with van der Waals surface area (Å²) in [6, 6.07) is 3.68. The predicted molar refractivity (Wildman–Crippen MR) is 71.2 cm³/mol. The first kappa shape index (κ1) is 13.5. The van der Waals surface area contributed by atoms with Gasteiger partial charge >= 0.3 is 0 Å². The Hall–Kier alpha value is -1.91. The van der Waals surface area contributed by atoms with E-state index >= 15 is 0 Å². The smallest absolute Gasteiger partial charge is 0.225 e. The van der Waals surface area contributed by atoms with Gasteiger partial charge < -0.3 is 10.2 Å². The molecule has 2 heterocycles. The van der Waals surface area contributed by atoms with Crippen molar-refractivity contribution in [3.63, 3.8) is 0 Å². The first-order valence-corrected chi connectivity index (χ1v) is 6.60. The lowest BCUT2D eigenvalue weighted by molar-refractivity contribution is -0.129. The molecular formula is C14H19N3O2. The van der Waals surface area contributed by atoms with Crippen molar-refractivity contribution in [1.82, 2.24) is 15.2 Å². The Morgan fingerprint density at radius 2 is 2.42 bits per heavy atom. The van der Waals surface area contributed by atoms with E-state index in [0.717, 1.165) is 5.56 Å². The lowest BCUT2D eigenvalue weighted by atomic mass is 10.1. The van der Waals surface area contributed by atoms with Crippen molar-refractivity contribution in [2.75, 3.05) is 13.1 Å². The summed E-state index contributed by atoms with van der Waals surface area (Å²) < 4.78 is 0. The highest BCUT2D eigenvalue weighted by Crippen LogP contribution is 2.19. The Morgan fingerprint density at radius 3 is 3.00 bits per heavy atom. The summed E-state index contributed by atoms with van der Waals surface area (Å²) in [4.78, 5) is 29.5. The number of hydrogen-bond acceptors (Lipinski definition) is 3. The quantitative estimate of drug-likeness (QED) is 0.883. The predicted octanol–water partition coefficient (Wildman–Crippen LogP) is 1.13. The molecule has 5 heteroatoms. The van der Waals surface area contributed by atoms with Gasteiger partial charge in [-0.05, 0) is 25.5 Å². The second-order valence-electron chi connectivity index (χ2n) is 4.85. The summed E-state index contributed by atoms with van der Waals surface area (Å²) in [7, 11) is 0. The Bertz CT molecular complexity index is 461. The molecule has 0 aliphatic carbocycles. The van der Waals surface area contributed by atoms with Crippen LogP contribution in [0.4, 0.5) is 0 Å². The fourth-order valence-corrected chi connectivity index (χ4v) is 2.30. The maximum absolute atomic E-state index is 12.1. The standard InChI is InChI=1S/C14H19N3O2/c1-3-17-9-12(7-13(17)18)14(19)16-10(2)11-5-4-6-15-8-11/h4-6,8,10,12H,3,7,9H2,1-2H3,(H,16,19)/t10-,12+/m1/s1. The highest BCUT2D eigenvalue weighted by molar-refractivity contribution is 5.89. The van der Waals surface area contributed by atoms with Crippen LogP contribution in [0.15, 0.2) is 24.5 Å². The van der Waals surface area contributed by atoms with Crippen LogP contribution in [0, 0.1) is 5.92 Å². The zero-order valence-electron chi connectivity index (χ0n) is 11.3. The molecule has 0 spiro atoms. The average molecular weight is 261 g/mol. The molecule has 1 N–H and O–H groups in total. The van der Waals surface area contributed by atoms with E-state index in [9.17, 15) is 9.59 Å². The molecule has 0 aromatic carbocycles. The Morgan fingerprint density at radius 1 is 1.63 bits per heavy atom. The van der Waals surface area contributed by atoms with Gasteiger partial charge in [-0.3, -0.25) is 14.6 Å². The first-order valence-electron chi connectivity index (χ1n) is 6.60. The number of carbonyl (C=O) groups excluding carboxylic acids is 2. The van der Waals surface area contributed by atoms with Crippen LogP contribution in [0.3, 0.4) is 0 Å². The minimum absolute atomic E-state index is 0.0550. The minimum atomic E-state index is -0.230. The molecule has 102 valence electrons. The molecule has 1 aliphatic rings. The van der Waals surface area contributed by atoms with Crippen LogP contribution in [0.25, 0.3) is 0 Å². The number of nitrogens with zero attached hydrogens (tertiary/aromatic N) is 2. The number of hydrogen-bond donors (Lipinski definition) is 1. The van der Waals surface area contributed by atoms with Gasteiger partial charge in [-0.15, -0.1) is 0 Å². The van der Waals surface area contributed by atoms with E-state index < -0.39 is 0 Å². The van der Waals surface area contributed by atoms with Gasteiger partial charge in [0.1, 0.15) is 0 Å². The Kier molecular flexibility index (Phi) is 4.14. The van der Waals surface area contributed by atoms with Crippen molar-refractivity contribution >= 4 is 11.8 Å². The molecular weight excluding hydrogens is 242 g/mol. The molecule has 1 fully saturated rings. The highest BCUT2D eigenvalue weighted by Gasteiger charge is 2.33. The summed E-state index contributed by atoms with van der Waals surface area (Å²) in [6.45, 7) is 5.04.